The van der Waals surface area contributed by atoms with Gasteiger partial charge < -0.3 is 19.8 Å². The fourth-order valence-corrected chi connectivity index (χ4v) is 2.98. The van der Waals surface area contributed by atoms with Crippen LogP contribution in [0.25, 0.3) is 0 Å². The first-order chi connectivity index (χ1) is 12.7. The standard InChI is InChI=1S/C16H19F3N4O3S.HI/c1-9-11(14(24)25-3)6-10(26-9)7-22-15(20-2)21-5-4-13-23-12(8-27-13)16(17,18)19;/h6,8H,4-5,7H2,1-3H3,(H2,20,21,22);1H. The van der Waals surface area contributed by atoms with E-state index in [1.807, 2.05) is 0 Å². The van der Waals surface area contributed by atoms with E-state index in [9.17, 15) is 18.0 Å². The molecule has 0 saturated heterocycles. The van der Waals surface area contributed by atoms with E-state index in [0.717, 1.165) is 16.7 Å². The van der Waals surface area contributed by atoms with Crippen LogP contribution in [0.1, 0.15) is 32.6 Å². The number of aliphatic imine (C=N–C) groups is 1. The fourth-order valence-electron chi connectivity index (χ4n) is 2.18. The summed E-state index contributed by atoms with van der Waals surface area (Å²) in [5.41, 5.74) is -0.527. The minimum absolute atomic E-state index is 0. The average molecular weight is 532 g/mol. The molecule has 2 rings (SSSR count). The third-order valence-corrected chi connectivity index (χ3v) is 4.41. The molecular weight excluding hydrogens is 512 g/mol. The van der Waals surface area contributed by atoms with Gasteiger partial charge in [0.15, 0.2) is 11.7 Å². The van der Waals surface area contributed by atoms with Gasteiger partial charge in [0.05, 0.1) is 18.7 Å². The van der Waals surface area contributed by atoms with E-state index in [4.69, 9.17) is 4.42 Å². The number of rotatable bonds is 6. The summed E-state index contributed by atoms with van der Waals surface area (Å²) in [6.45, 7) is 2.29. The van der Waals surface area contributed by atoms with Crippen LogP contribution in [0.5, 0.6) is 0 Å². The van der Waals surface area contributed by atoms with Gasteiger partial charge in [0, 0.05) is 25.4 Å². The maximum absolute atomic E-state index is 12.5. The van der Waals surface area contributed by atoms with Crippen molar-refractivity contribution in [2.24, 2.45) is 4.99 Å². The lowest BCUT2D eigenvalue weighted by molar-refractivity contribution is -0.140. The van der Waals surface area contributed by atoms with E-state index in [-0.39, 0.29) is 30.5 Å². The Bertz CT molecular complexity index is 820. The van der Waals surface area contributed by atoms with Crippen LogP contribution in [0.2, 0.25) is 0 Å². The predicted octanol–water partition coefficient (Wildman–Crippen LogP) is 3.38. The summed E-state index contributed by atoms with van der Waals surface area (Å²) in [5, 5.41) is 7.36. The molecular formula is C16H20F3IN4O3S. The molecule has 12 heteroatoms. The van der Waals surface area contributed by atoms with Crippen molar-refractivity contribution < 1.29 is 27.1 Å². The Kier molecular flexibility index (Phi) is 9.20. The number of halogens is 4. The summed E-state index contributed by atoms with van der Waals surface area (Å²) in [6.07, 6.45) is -4.10. The molecule has 0 unspecified atom stereocenters. The molecule has 0 aliphatic carbocycles. The summed E-state index contributed by atoms with van der Waals surface area (Å²) in [4.78, 5) is 19.2. The number of furan rings is 1. The molecule has 2 heterocycles. The van der Waals surface area contributed by atoms with Gasteiger partial charge in [-0.3, -0.25) is 4.99 Å². The van der Waals surface area contributed by atoms with Crippen LogP contribution in [0.15, 0.2) is 20.9 Å². The smallest absolute Gasteiger partial charge is 0.434 e. The number of aromatic nitrogens is 1. The lowest BCUT2D eigenvalue weighted by Crippen LogP contribution is -2.37. The number of alkyl halides is 3. The van der Waals surface area contributed by atoms with E-state index < -0.39 is 17.8 Å². The molecule has 0 aliphatic rings. The first-order valence-electron chi connectivity index (χ1n) is 7.88. The number of carbonyl (C=O) groups is 1. The number of hydrogen-bond donors (Lipinski definition) is 2. The van der Waals surface area contributed by atoms with Gasteiger partial charge in [0.25, 0.3) is 0 Å². The Balaban J connectivity index is 0.00000392. The van der Waals surface area contributed by atoms with E-state index in [0.29, 0.717) is 41.0 Å². The second-order valence-electron chi connectivity index (χ2n) is 5.40. The zero-order chi connectivity index (χ0) is 20.0. The lowest BCUT2D eigenvalue weighted by Gasteiger charge is -2.10. The van der Waals surface area contributed by atoms with Crippen molar-refractivity contribution >= 4 is 47.2 Å². The predicted molar refractivity (Wildman–Crippen MR) is 109 cm³/mol. The van der Waals surface area contributed by atoms with Gasteiger partial charge >= 0.3 is 12.1 Å². The third kappa shape index (κ3) is 6.65. The Morgan fingerprint density at radius 2 is 2.11 bits per heavy atom. The van der Waals surface area contributed by atoms with Gasteiger partial charge in [-0.05, 0) is 13.0 Å². The highest BCUT2D eigenvalue weighted by molar-refractivity contribution is 14.0. The van der Waals surface area contributed by atoms with Crippen molar-refractivity contribution in [3.05, 3.63) is 39.2 Å². The molecule has 7 nitrogen and oxygen atoms in total. The van der Waals surface area contributed by atoms with E-state index in [1.54, 1.807) is 20.0 Å². The van der Waals surface area contributed by atoms with Crippen LogP contribution in [0.4, 0.5) is 13.2 Å². The van der Waals surface area contributed by atoms with E-state index in [2.05, 4.69) is 25.3 Å². The van der Waals surface area contributed by atoms with Gasteiger partial charge in [0.2, 0.25) is 0 Å². The number of guanidine groups is 1. The minimum atomic E-state index is -4.43. The van der Waals surface area contributed by atoms with Crippen molar-refractivity contribution in [2.75, 3.05) is 20.7 Å². The number of carbonyl (C=O) groups excluding carboxylic acids is 1. The number of hydrogen-bond acceptors (Lipinski definition) is 6. The number of nitrogens with zero attached hydrogens (tertiary/aromatic N) is 2. The summed E-state index contributed by atoms with van der Waals surface area (Å²) in [5.74, 6) is 0.930. The van der Waals surface area contributed by atoms with Gasteiger partial charge in [-0.25, -0.2) is 9.78 Å². The molecule has 0 atom stereocenters. The lowest BCUT2D eigenvalue weighted by atomic mass is 10.2. The average Bonchev–Trinajstić information content (AvgIpc) is 3.23. The molecule has 0 spiro atoms. The highest BCUT2D eigenvalue weighted by atomic mass is 127. The molecule has 0 aromatic carbocycles. The molecule has 0 aliphatic heterocycles. The molecule has 0 fully saturated rings. The largest absolute Gasteiger partial charge is 0.465 e. The second-order valence-corrected chi connectivity index (χ2v) is 6.34. The molecule has 2 N–H and O–H groups in total. The van der Waals surface area contributed by atoms with Gasteiger partial charge in [-0.2, -0.15) is 13.2 Å². The first kappa shape index (κ1) is 24.2. The van der Waals surface area contributed by atoms with Crippen molar-refractivity contribution in [1.82, 2.24) is 15.6 Å². The van der Waals surface area contributed by atoms with Gasteiger partial charge in [0.1, 0.15) is 17.1 Å². The van der Waals surface area contributed by atoms with Crippen LogP contribution in [-0.2, 0) is 23.9 Å². The van der Waals surface area contributed by atoms with Crippen molar-refractivity contribution in [2.45, 2.75) is 26.1 Å². The van der Waals surface area contributed by atoms with Crippen molar-refractivity contribution in [1.29, 1.82) is 0 Å². The fraction of sp³-hybridized carbons (Fsp3) is 0.438. The molecule has 2 aromatic rings. The quantitative estimate of drug-likeness (QED) is 0.257. The van der Waals surface area contributed by atoms with Crippen LogP contribution in [0, 0.1) is 6.92 Å². The third-order valence-electron chi connectivity index (χ3n) is 3.50. The normalized spacial score (nSPS) is 11.7. The Morgan fingerprint density at radius 1 is 1.39 bits per heavy atom. The molecule has 2 aromatic heterocycles. The number of ether oxygens (including phenoxy) is 1. The topological polar surface area (TPSA) is 88.8 Å². The Labute approximate surface area is 180 Å². The monoisotopic (exact) mass is 532 g/mol. The Morgan fingerprint density at radius 3 is 2.68 bits per heavy atom. The van der Waals surface area contributed by atoms with Crippen LogP contribution in [-0.4, -0.2) is 37.6 Å². The molecule has 0 amide bonds. The van der Waals surface area contributed by atoms with Gasteiger partial charge in [-0.15, -0.1) is 35.3 Å². The number of thiazole rings is 1. The second kappa shape index (κ2) is 10.6. The number of methoxy groups -OCH3 is 1. The number of esters is 1. The number of aryl methyl sites for hydroxylation is 1. The summed E-state index contributed by atoms with van der Waals surface area (Å²) in [7, 11) is 2.85. The van der Waals surface area contributed by atoms with Crippen LogP contribution in [0.3, 0.4) is 0 Å². The van der Waals surface area contributed by atoms with Crippen LogP contribution < -0.4 is 10.6 Å². The van der Waals surface area contributed by atoms with Crippen LogP contribution >= 0.6 is 35.3 Å². The van der Waals surface area contributed by atoms with E-state index in [1.165, 1.54) is 7.11 Å². The molecule has 28 heavy (non-hydrogen) atoms. The maximum Gasteiger partial charge on any atom is 0.434 e. The molecule has 0 saturated carbocycles. The summed E-state index contributed by atoms with van der Waals surface area (Å²) >= 11 is 0.965. The van der Waals surface area contributed by atoms with Crippen molar-refractivity contribution in [3.63, 3.8) is 0 Å². The minimum Gasteiger partial charge on any atom is -0.465 e. The highest BCUT2D eigenvalue weighted by Crippen LogP contribution is 2.30. The zero-order valence-corrected chi connectivity index (χ0v) is 18.5. The van der Waals surface area contributed by atoms with Gasteiger partial charge in [-0.1, -0.05) is 0 Å². The van der Waals surface area contributed by atoms with E-state index >= 15 is 0 Å². The molecule has 0 bridgehead atoms. The first-order valence-corrected chi connectivity index (χ1v) is 8.76. The SMILES string of the molecule is CN=C(NCCc1nc(C(F)(F)F)cs1)NCc1cc(C(=O)OC)c(C)o1.I. The number of nitrogens with one attached hydrogen (secondary N) is 2. The maximum atomic E-state index is 12.5. The highest BCUT2D eigenvalue weighted by Gasteiger charge is 2.33. The zero-order valence-electron chi connectivity index (χ0n) is 15.3. The van der Waals surface area contributed by atoms with Crippen molar-refractivity contribution in [3.8, 4) is 0 Å². The molecule has 0 radical (unpaired) electrons. The molecule has 156 valence electrons. The Hall–Kier alpha value is -1.83. The summed E-state index contributed by atoms with van der Waals surface area (Å²) < 4.78 is 47.7. The summed E-state index contributed by atoms with van der Waals surface area (Å²) in [6, 6.07) is 1.58.